The molecule has 1 aromatic heterocycles. The highest BCUT2D eigenvalue weighted by atomic mass is 16.2. The maximum Gasteiger partial charge on any atom is 0.319 e. The van der Waals surface area contributed by atoms with Gasteiger partial charge in [-0.25, -0.2) is 4.79 Å². The molecule has 2 rings (SSSR count). The lowest BCUT2D eigenvalue weighted by atomic mass is 10.2. The van der Waals surface area contributed by atoms with E-state index in [4.69, 9.17) is 0 Å². The number of carbonyl (C=O) groups excluding carboxylic acids is 1. The molecule has 0 spiro atoms. The Morgan fingerprint density at radius 3 is 2.94 bits per heavy atom. The Morgan fingerprint density at radius 1 is 1.38 bits per heavy atom. The predicted molar refractivity (Wildman–Crippen MR) is 65.6 cm³/mol. The average Bonchev–Trinajstić information content (AvgIpc) is 2.62. The Bertz CT molecular complexity index is 516. The maximum atomic E-state index is 11.5. The van der Waals surface area contributed by atoms with Crippen LogP contribution in [0.25, 0.3) is 10.9 Å². The van der Waals surface area contributed by atoms with Gasteiger partial charge in [0.15, 0.2) is 0 Å². The van der Waals surface area contributed by atoms with Gasteiger partial charge in [0.25, 0.3) is 0 Å². The summed E-state index contributed by atoms with van der Waals surface area (Å²) in [6.45, 7) is 2.51. The maximum absolute atomic E-state index is 11.5. The van der Waals surface area contributed by atoms with Crippen molar-refractivity contribution in [2.75, 3.05) is 11.9 Å². The Balaban J connectivity index is 2.36. The Kier molecular flexibility index (Phi) is 2.81. The van der Waals surface area contributed by atoms with Crippen molar-refractivity contribution >= 4 is 22.6 Å². The van der Waals surface area contributed by atoms with Crippen LogP contribution in [0.4, 0.5) is 10.5 Å². The van der Waals surface area contributed by atoms with Crippen molar-refractivity contribution < 1.29 is 4.79 Å². The van der Waals surface area contributed by atoms with E-state index < -0.39 is 0 Å². The SMILES string of the molecule is CCNC(=O)Nc1cccc2ccn(C)c12. The summed E-state index contributed by atoms with van der Waals surface area (Å²) in [5, 5.41) is 6.67. The third kappa shape index (κ3) is 1.86. The fourth-order valence-electron chi connectivity index (χ4n) is 1.78. The van der Waals surface area contributed by atoms with Gasteiger partial charge in [0, 0.05) is 25.2 Å². The van der Waals surface area contributed by atoms with Crippen LogP contribution in [0.3, 0.4) is 0 Å². The third-order valence-corrected chi connectivity index (χ3v) is 2.48. The number of nitrogens with zero attached hydrogens (tertiary/aromatic N) is 1. The summed E-state index contributed by atoms with van der Waals surface area (Å²) in [4.78, 5) is 11.5. The molecule has 0 radical (unpaired) electrons. The number of nitrogens with one attached hydrogen (secondary N) is 2. The number of aryl methyl sites for hydroxylation is 1. The van der Waals surface area contributed by atoms with Gasteiger partial charge in [-0.3, -0.25) is 0 Å². The molecule has 4 heteroatoms. The largest absolute Gasteiger partial charge is 0.349 e. The number of anilines is 1. The fourth-order valence-corrected chi connectivity index (χ4v) is 1.78. The van der Waals surface area contributed by atoms with Crippen LogP contribution < -0.4 is 10.6 Å². The molecule has 0 aliphatic heterocycles. The van der Waals surface area contributed by atoms with E-state index in [2.05, 4.69) is 10.6 Å². The number of hydrogen-bond acceptors (Lipinski definition) is 1. The molecule has 0 saturated carbocycles. The summed E-state index contributed by atoms with van der Waals surface area (Å²) in [6, 6.07) is 7.72. The van der Waals surface area contributed by atoms with Gasteiger partial charge in [0.2, 0.25) is 0 Å². The standard InChI is InChI=1S/C12H15N3O/c1-3-13-12(16)14-10-6-4-5-9-7-8-15(2)11(9)10/h4-8H,3H2,1-2H3,(H2,13,14,16). The summed E-state index contributed by atoms with van der Waals surface area (Å²) in [6.07, 6.45) is 1.98. The van der Waals surface area contributed by atoms with Crippen molar-refractivity contribution in [2.24, 2.45) is 7.05 Å². The molecule has 0 bridgehead atoms. The van der Waals surface area contributed by atoms with Crippen molar-refractivity contribution in [1.29, 1.82) is 0 Å². The average molecular weight is 217 g/mol. The number of hydrogen-bond donors (Lipinski definition) is 2. The zero-order chi connectivity index (χ0) is 11.5. The monoisotopic (exact) mass is 217 g/mol. The van der Waals surface area contributed by atoms with Crippen molar-refractivity contribution in [3.05, 3.63) is 30.5 Å². The molecule has 2 N–H and O–H groups in total. The highest BCUT2D eigenvalue weighted by Gasteiger charge is 2.06. The number of carbonyl (C=O) groups is 1. The Morgan fingerprint density at radius 2 is 2.19 bits per heavy atom. The second kappa shape index (κ2) is 4.26. The highest BCUT2D eigenvalue weighted by molar-refractivity contribution is 6.00. The van der Waals surface area contributed by atoms with Crippen LogP contribution in [0, 0.1) is 0 Å². The van der Waals surface area contributed by atoms with Gasteiger partial charge in [0.05, 0.1) is 11.2 Å². The number of fused-ring (bicyclic) bond motifs is 1. The zero-order valence-electron chi connectivity index (χ0n) is 9.45. The second-order valence-corrected chi connectivity index (χ2v) is 3.65. The smallest absolute Gasteiger partial charge is 0.319 e. The van der Waals surface area contributed by atoms with Crippen molar-refractivity contribution in [2.45, 2.75) is 6.92 Å². The second-order valence-electron chi connectivity index (χ2n) is 3.65. The first-order chi connectivity index (χ1) is 7.72. The van der Waals surface area contributed by atoms with Gasteiger partial charge in [-0.15, -0.1) is 0 Å². The Labute approximate surface area is 94.3 Å². The van der Waals surface area contributed by atoms with Gasteiger partial charge in [-0.05, 0) is 19.1 Å². The topological polar surface area (TPSA) is 46.1 Å². The number of benzene rings is 1. The van der Waals surface area contributed by atoms with Gasteiger partial charge < -0.3 is 15.2 Å². The Hall–Kier alpha value is -1.97. The first kappa shape index (κ1) is 10.5. The summed E-state index contributed by atoms with van der Waals surface area (Å²) in [7, 11) is 1.96. The molecular weight excluding hydrogens is 202 g/mol. The van der Waals surface area contributed by atoms with Crippen LogP contribution in [0.1, 0.15) is 6.92 Å². The molecule has 0 atom stereocenters. The van der Waals surface area contributed by atoms with E-state index in [0.29, 0.717) is 6.54 Å². The molecule has 0 aliphatic carbocycles. The zero-order valence-corrected chi connectivity index (χ0v) is 9.45. The van der Waals surface area contributed by atoms with Crippen LogP contribution in [-0.4, -0.2) is 17.1 Å². The van der Waals surface area contributed by atoms with Crippen LogP contribution >= 0.6 is 0 Å². The lowest BCUT2D eigenvalue weighted by Gasteiger charge is -2.08. The first-order valence-corrected chi connectivity index (χ1v) is 5.31. The minimum Gasteiger partial charge on any atom is -0.349 e. The molecule has 16 heavy (non-hydrogen) atoms. The number of aromatic nitrogens is 1. The summed E-state index contributed by atoms with van der Waals surface area (Å²) in [5.74, 6) is 0. The highest BCUT2D eigenvalue weighted by Crippen LogP contribution is 2.23. The lowest BCUT2D eigenvalue weighted by molar-refractivity contribution is 0.252. The molecule has 2 amide bonds. The van der Waals surface area contributed by atoms with E-state index in [1.54, 1.807) is 0 Å². The number of urea groups is 1. The van der Waals surface area contributed by atoms with Gasteiger partial charge >= 0.3 is 6.03 Å². The summed E-state index contributed by atoms with van der Waals surface area (Å²) >= 11 is 0. The molecule has 0 saturated heterocycles. The van der Waals surface area contributed by atoms with Gasteiger partial charge in [0.1, 0.15) is 0 Å². The molecule has 1 heterocycles. The first-order valence-electron chi connectivity index (χ1n) is 5.31. The number of amides is 2. The molecule has 0 fully saturated rings. The van der Waals surface area contributed by atoms with E-state index in [1.807, 2.05) is 49.0 Å². The number of para-hydroxylation sites is 1. The van der Waals surface area contributed by atoms with E-state index in [0.717, 1.165) is 16.6 Å². The minimum absolute atomic E-state index is 0.170. The van der Waals surface area contributed by atoms with Gasteiger partial charge in [-0.2, -0.15) is 0 Å². The van der Waals surface area contributed by atoms with E-state index >= 15 is 0 Å². The van der Waals surface area contributed by atoms with Crippen LogP contribution in [0.15, 0.2) is 30.5 Å². The molecular formula is C12H15N3O. The normalized spacial score (nSPS) is 10.4. The molecule has 1 aromatic carbocycles. The quantitative estimate of drug-likeness (QED) is 0.796. The van der Waals surface area contributed by atoms with Crippen LogP contribution in [-0.2, 0) is 7.05 Å². The van der Waals surface area contributed by atoms with E-state index in [9.17, 15) is 4.79 Å². The van der Waals surface area contributed by atoms with Gasteiger partial charge in [-0.1, -0.05) is 12.1 Å². The molecule has 84 valence electrons. The van der Waals surface area contributed by atoms with E-state index in [1.165, 1.54) is 0 Å². The summed E-state index contributed by atoms with van der Waals surface area (Å²) in [5.41, 5.74) is 1.87. The van der Waals surface area contributed by atoms with Crippen molar-refractivity contribution in [3.63, 3.8) is 0 Å². The number of rotatable bonds is 2. The molecule has 0 unspecified atom stereocenters. The summed E-state index contributed by atoms with van der Waals surface area (Å²) < 4.78 is 2.00. The predicted octanol–water partition coefficient (Wildman–Crippen LogP) is 2.32. The van der Waals surface area contributed by atoms with Crippen LogP contribution in [0.5, 0.6) is 0 Å². The molecule has 2 aromatic rings. The van der Waals surface area contributed by atoms with Crippen molar-refractivity contribution in [3.8, 4) is 0 Å². The lowest BCUT2D eigenvalue weighted by Crippen LogP contribution is -2.28. The third-order valence-electron chi connectivity index (χ3n) is 2.48. The van der Waals surface area contributed by atoms with Crippen molar-refractivity contribution in [1.82, 2.24) is 9.88 Å². The molecule has 0 aliphatic rings. The van der Waals surface area contributed by atoms with E-state index in [-0.39, 0.29) is 6.03 Å². The molecule has 4 nitrogen and oxygen atoms in total. The fraction of sp³-hybridized carbons (Fsp3) is 0.250. The minimum atomic E-state index is -0.170. The van der Waals surface area contributed by atoms with Crippen LogP contribution in [0.2, 0.25) is 0 Å².